The summed E-state index contributed by atoms with van der Waals surface area (Å²) in [6.45, 7) is 2.85. The number of Topliss-reactive ketones (excluding diaryl/α,β-unsaturated/α-hetero) is 1. The summed E-state index contributed by atoms with van der Waals surface area (Å²) in [5.74, 6) is -0.651. The van der Waals surface area contributed by atoms with Crippen LogP contribution in [0.5, 0.6) is 0 Å². The van der Waals surface area contributed by atoms with E-state index < -0.39 is 23.7 Å². The SMILES string of the molecule is CC(=O)c1cccc(NC(=O)Cn2c(=O)[nH]c3sc(C)cc3c2=O)c1. The maximum Gasteiger partial charge on any atom is 0.329 e. The van der Waals surface area contributed by atoms with Crippen LogP contribution in [0.25, 0.3) is 10.2 Å². The van der Waals surface area contributed by atoms with Crippen molar-refractivity contribution in [1.82, 2.24) is 9.55 Å². The summed E-state index contributed by atoms with van der Waals surface area (Å²) in [4.78, 5) is 52.1. The average Bonchev–Trinajstić information content (AvgIpc) is 2.92. The number of nitrogens with zero attached hydrogens (tertiary/aromatic N) is 1. The maximum absolute atomic E-state index is 12.4. The van der Waals surface area contributed by atoms with Crippen LogP contribution in [0.3, 0.4) is 0 Å². The molecule has 0 aliphatic carbocycles. The molecule has 7 nitrogen and oxygen atoms in total. The first-order chi connectivity index (χ1) is 11.8. The van der Waals surface area contributed by atoms with Crippen molar-refractivity contribution < 1.29 is 9.59 Å². The van der Waals surface area contributed by atoms with E-state index in [9.17, 15) is 19.2 Å². The quantitative estimate of drug-likeness (QED) is 0.696. The van der Waals surface area contributed by atoms with Gasteiger partial charge in [0.05, 0.1) is 5.39 Å². The molecule has 128 valence electrons. The van der Waals surface area contributed by atoms with Crippen LogP contribution in [0, 0.1) is 6.92 Å². The van der Waals surface area contributed by atoms with E-state index in [1.165, 1.54) is 18.3 Å². The van der Waals surface area contributed by atoms with Crippen molar-refractivity contribution >= 4 is 38.9 Å². The summed E-state index contributed by atoms with van der Waals surface area (Å²) in [5, 5.41) is 2.98. The lowest BCUT2D eigenvalue weighted by Gasteiger charge is -2.07. The van der Waals surface area contributed by atoms with Crippen LogP contribution >= 0.6 is 11.3 Å². The third-order valence-corrected chi connectivity index (χ3v) is 4.62. The molecule has 0 aliphatic rings. The second-order valence-electron chi connectivity index (χ2n) is 5.61. The third kappa shape index (κ3) is 3.43. The molecule has 0 radical (unpaired) electrons. The van der Waals surface area contributed by atoms with E-state index in [0.29, 0.717) is 21.5 Å². The molecule has 1 aromatic carbocycles. The zero-order valence-corrected chi connectivity index (χ0v) is 14.4. The van der Waals surface area contributed by atoms with Gasteiger partial charge in [0.2, 0.25) is 5.91 Å². The van der Waals surface area contributed by atoms with E-state index in [1.807, 2.05) is 6.92 Å². The van der Waals surface area contributed by atoms with Crippen LogP contribution in [0.1, 0.15) is 22.2 Å². The molecule has 0 spiro atoms. The van der Waals surface area contributed by atoms with Gasteiger partial charge in [-0.2, -0.15) is 0 Å². The molecule has 1 amide bonds. The Hall–Kier alpha value is -3.00. The first kappa shape index (κ1) is 16.8. The number of anilines is 1. The zero-order valence-electron chi connectivity index (χ0n) is 13.6. The number of carbonyl (C=O) groups is 2. The van der Waals surface area contributed by atoms with Crippen molar-refractivity contribution in [3.63, 3.8) is 0 Å². The second-order valence-corrected chi connectivity index (χ2v) is 6.86. The van der Waals surface area contributed by atoms with Crippen LogP contribution in [0.2, 0.25) is 0 Å². The van der Waals surface area contributed by atoms with E-state index in [1.54, 1.807) is 30.3 Å². The lowest BCUT2D eigenvalue weighted by atomic mass is 10.1. The average molecular weight is 357 g/mol. The number of thiophene rings is 1. The highest BCUT2D eigenvalue weighted by Crippen LogP contribution is 2.18. The van der Waals surface area contributed by atoms with Gasteiger partial charge in [-0.3, -0.25) is 23.9 Å². The summed E-state index contributed by atoms with van der Waals surface area (Å²) in [7, 11) is 0. The second kappa shape index (κ2) is 6.48. The lowest BCUT2D eigenvalue weighted by molar-refractivity contribution is -0.116. The first-order valence-corrected chi connectivity index (χ1v) is 8.31. The Balaban J connectivity index is 1.87. The summed E-state index contributed by atoms with van der Waals surface area (Å²) in [6, 6.07) is 8.13. The summed E-state index contributed by atoms with van der Waals surface area (Å²) >= 11 is 1.31. The fourth-order valence-corrected chi connectivity index (χ4v) is 3.37. The van der Waals surface area contributed by atoms with Crippen molar-refractivity contribution in [3.8, 4) is 0 Å². The highest BCUT2D eigenvalue weighted by atomic mass is 32.1. The minimum absolute atomic E-state index is 0.123. The molecule has 2 heterocycles. The number of aromatic nitrogens is 2. The van der Waals surface area contributed by atoms with Gasteiger partial charge in [0.25, 0.3) is 5.56 Å². The van der Waals surface area contributed by atoms with E-state index >= 15 is 0 Å². The normalized spacial score (nSPS) is 10.8. The molecule has 0 bridgehead atoms. The Labute approximate surface area is 145 Å². The number of aromatic amines is 1. The van der Waals surface area contributed by atoms with Crippen molar-refractivity contribution in [2.75, 3.05) is 5.32 Å². The van der Waals surface area contributed by atoms with Crippen molar-refractivity contribution in [2.24, 2.45) is 0 Å². The summed E-state index contributed by atoms with van der Waals surface area (Å²) < 4.78 is 0.860. The topological polar surface area (TPSA) is 101 Å². The van der Waals surface area contributed by atoms with Crippen LogP contribution in [0.4, 0.5) is 5.69 Å². The van der Waals surface area contributed by atoms with Gasteiger partial charge in [-0.25, -0.2) is 4.79 Å². The number of rotatable bonds is 4. The molecule has 0 unspecified atom stereocenters. The highest BCUT2D eigenvalue weighted by molar-refractivity contribution is 7.18. The van der Waals surface area contributed by atoms with Gasteiger partial charge in [-0.1, -0.05) is 12.1 Å². The number of hydrogen-bond acceptors (Lipinski definition) is 5. The van der Waals surface area contributed by atoms with E-state index in [2.05, 4.69) is 10.3 Å². The number of benzene rings is 1. The molecule has 8 heteroatoms. The van der Waals surface area contributed by atoms with E-state index in [-0.39, 0.29) is 5.78 Å². The fourth-order valence-electron chi connectivity index (χ4n) is 2.47. The molecular weight excluding hydrogens is 342 g/mol. The molecular formula is C17H15N3O4S. The number of H-pyrrole nitrogens is 1. The Morgan fingerprint density at radius 2 is 2.00 bits per heavy atom. The minimum Gasteiger partial charge on any atom is -0.325 e. The Kier molecular flexibility index (Phi) is 4.37. The van der Waals surface area contributed by atoms with E-state index in [0.717, 1.165) is 9.44 Å². The number of ketones is 1. The predicted molar refractivity (Wildman–Crippen MR) is 96.5 cm³/mol. The summed E-state index contributed by atoms with van der Waals surface area (Å²) in [5.41, 5.74) is -0.250. The Morgan fingerprint density at radius 1 is 1.24 bits per heavy atom. The van der Waals surface area contributed by atoms with Crippen LogP contribution in [-0.4, -0.2) is 21.2 Å². The number of aryl methyl sites for hydroxylation is 1. The fraction of sp³-hybridized carbons (Fsp3) is 0.176. The smallest absolute Gasteiger partial charge is 0.325 e. The number of amides is 1. The van der Waals surface area contributed by atoms with Gasteiger partial charge in [0, 0.05) is 16.1 Å². The van der Waals surface area contributed by atoms with Gasteiger partial charge in [-0.15, -0.1) is 11.3 Å². The van der Waals surface area contributed by atoms with Gasteiger partial charge >= 0.3 is 5.69 Å². The van der Waals surface area contributed by atoms with Crippen LogP contribution in [-0.2, 0) is 11.3 Å². The summed E-state index contributed by atoms with van der Waals surface area (Å²) in [6.07, 6.45) is 0. The van der Waals surface area contributed by atoms with Gasteiger partial charge in [0.1, 0.15) is 11.4 Å². The van der Waals surface area contributed by atoms with Crippen molar-refractivity contribution in [2.45, 2.75) is 20.4 Å². The molecule has 0 aliphatic heterocycles. The van der Waals surface area contributed by atoms with Crippen molar-refractivity contribution in [3.05, 3.63) is 61.6 Å². The van der Waals surface area contributed by atoms with Gasteiger partial charge in [-0.05, 0) is 32.0 Å². The third-order valence-electron chi connectivity index (χ3n) is 3.65. The molecule has 0 saturated heterocycles. The number of carbonyl (C=O) groups excluding carboxylic acids is 2. The monoisotopic (exact) mass is 357 g/mol. The largest absolute Gasteiger partial charge is 0.329 e. The first-order valence-electron chi connectivity index (χ1n) is 7.49. The van der Waals surface area contributed by atoms with Crippen LogP contribution in [0.15, 0.2) is 39.9 Å². The standard InChI is InChI=1S/C17H15N3O4S/c1-9-6-13-15(25-9)19-17(24)20(16(13)23)8-14(22)18-12-5-3-4-11(7-12)10(2)21/h3-7H,8H2,1-2H3,(H,18,22)(H,19,24). The van der Waals surface area contributed by atoms with Gasteiger partial charge in [0.15, 0.2) is 5.78 Å². The van der Waals surface area contributed by atoms with Crippen LogP contribution < -0.4 is 16.6 Å². The van der Waals surface area contributed by atoms with E-state index in [4.69, 9.17) is 0 Å². The molecule has 3 aromatic rings. The molecule has 0 fully saturated rings. The molecule has 2 aromatic heterocycles. The maximum atomic E-state index is 12.4. The lowest BCUT2D eigenvalue weighted by Crippen LogP contribution is -2.38. The Morgan fingerprint density at radius 3 is 2.72 bits per heavy atom. The number of hydrogen-bond donors (Lipinski definition) is 2. The highest BCUT2D eigenvalue weighted by Gasteiger charge is 2.13. The van der Waals surface area contributed by atoms with Gasteiger partial charge < -0.3 is 5.32 Å². The zero-order chi connectivity index (χ0) is 18.1. The minimum atomic E-state index is -0.632. The molecule has 0 saturated carbocycles. The number of nitrogens with one attached hydrogen (secondary N) is 2. The Bertz CT molecular complexity index is 1110. The number of fused-ring (bicyclic) bond motifs is 1. The molecule has 2 N–H and O–H groups in total. The predicted octanol–water partition coefficient (Wildman–Crippen LogP) is 1.90. The van der Waals surface area contributed by atoms with Crippen molar-refractivity contribution in [1.29, 1.82) is 0 Å². The molecule has 25 heavy (non-hydrogen) atoms. The molecule has 3 rings (SSSR count). The molecule has 0 atom stereocenters.